The van der Waals surface area contributed by atoms with Gasteiger partial charge in [-0.05, 0) is 18.1 Å². The van der Waals surface area contributed by atoms with Crippen LogP contribution in [-0.4, -0.2) is 26.2 Å². The minimum Gasteiger partial charge on any atom is -0.308 e. The molecule has 0 atom stereocenters. The van der Waals surface area contributed by atoms with Gasteiger partial charge in [0, 0.05) is 24.9 Å². The fourth-order valence-corrected chi connectivity index (χ4v) is 3.17. The van der Waals surface area contributed by atoms with Crippen LogP contribution in [0.1, 0.15) is 17.7 Å². The van der Waals surface area contributed by atoms with Crippen molar-refractivity contribution in [3.63, 3.8) is 0 Å². The van der Waals surface area contributed by atoms with E-state index in [4.69, 9.17) is 0 Å². The third-order valence-electron chi connectivity index (χ3n) is 3.24. The molecular formula is C14H12FN5OS. The number of nitriles is 1. The summed E-state index contributed by atoms with van der Waals surface area (Å²) in [4.78, 5) is 20.0. The summed E-state index contributed by atoms with van der Waals surface area (Å²) >= 11 is 1.56. The zero-order chi connectivity index (χ0) is 15.5. The number of amides is 1. The highest BCUT2D eigenvalue weighted by atomic mass is 32.2. The van der Waals surface area contributed by atoms with Gasteiger partial charge in [-0.2, -0.15) is 5.26 Å². The van der Waals surface area contributed by atoms with Crippen LogP contribution < -0.4 is 5.32 Å². The number of anilines is 1. The minimum atomic E-state index is -0.424. The number of nitrogens with zero attached hydrogens (tertiary/aromatic N) is 4. The van der Waals surface area contributed by atoms with Crippen LogP contribution in [0.4, 0.5) is 10.2 Å². The molecule has 1 N–H and O–H groups in total. The van der Waals surface area contributed by atoms with Crippen LogP contribution in [0.15, 0.2) is 23.6 Å². The summed E-state index contributed by atoms with van der Waals surface area (Å²) in [6.07, 6.45) is 3.19. The maximum atomic E-state index is 13.0. The molecule has 0 bridgehead atoms. The zero-order valence-electron chi connectivity index (χ0n) is 11.5. The predicted octanol–water partition coefficient (Wildman–Crippen LogP) is 1.97. The average molecular weight is 317 g/mol. The van der Waals surface area contributed by atoms with E-state index < -0.39 is 5.82 Å². The Balaban J connectivity index is 1.64. The van der Waals surface area contributed by atoms with E-state index >= 15 is 0 Å². The molecular weight excluding hydrogens is 305 g/mol. The molecule has 0 radical (unpaired) electrons. The number of hydrogen-bond donors (Lipinski definition) is 1. The number of thioether (sulfide) groups is 1. The van der Waals surface area contributed by atoms with Crippen LogP contribution >= 0.6 is 11.8 Å². The first kappa shape index (κ1) is 14.5. The van der Waals surface area contributed by atoms with Crippen LogP contribution in [0.25, 0.3) is 0 Å². The highest BCUT2D eigenvalue weighted by Gasteiger charge is 2.22. The van der Waals surface area contributed by atoms with Crippen LogP contribution in [-0.2, 0) is 17.8 Å². The number of carbonyl (C=O) groups excluding carboxylic acids is 1. The second-order valence-corrected chi connectivity index (χ2v) is 5.83. The van der Waals surface area contributed by atoms with Crippen molar-refractivity contribution >= 4 is 23.5 Å². The Morgan fingerprint density at radius 1 is 1.55 bits per heavy atom. The van der Waals surface area contributed by atoms with Gasteiger partial charge in [-0.25, -0.2) is 9.37 Å². The third kappa shape index (κ3) is 2.94. The Bertz CT molecular complexity index is 767. The van der Waals surface area contributed by atoms with Crippen LogP contribution in [0.5, 0.6) is 0 Å². The van der Waals surface area contributed by atoms with Crippen molar-refractivity contribution in [3.05, 3.63) is 35.5 Å². The van der Waals surface area contributed by atoms with Gasteiger partial charge in [0.15, 0.2) is 16.7 Å². The fourth-order valence-electron chi connectivity index (χ4n) is 2.22. The normalized spacial score (nSPS) is 12.7. The van der Waals surface area contributed by atoms with E-state index in [2.05, 4.69) is 21.4 Å². The topological polar surface area (TPSA) is 83.6 Å². The van der Waals surface area contributed by atoms with E-state index in [9.17, 15) is 14.4 Å². The zero-order valence-corrected chi connectivity index (χ0v) is 12.4. The number of nitrogens with one attached hydrogen (secondary N) is 1. The van der Waals surface area contributed by atoms with Crippen molar-refractivity contribution < 1.29 is 9.18 Å². The Hall–Kier alpha value is -2.40. The predicted molar refractivity (Wildman–Crippen MR) is 78.8 cm³/mol. The first-order valence-corrected chi connectivity index (χ1v) is 7.68. The fraction of sp³-hybridized carbons (Fsp3) is 0.286. The summed E-state index contributed by atoms with van der Waals surface area (Å²) in [5.74, 6) is 0.500. The van der Waals surface area contributed by atoms with E-state index in [1.807, 2.05) is 0 Å². The van der Waals surface area contributed by atoms with E-state index in [0.29, 0.717) is 23.5 Å². The lowest BCUT2D eigenvalue weighted by Crippen LogP contribution is -2.14. The van der Waals surface area contributed by atoms with Gasteiger partial charge in [0.1, 0.15) is 11.9 Å². The molecule has 2 aromatic rings. The summed E-state index contributed by atoms with van der Waals surface area (Å²) in [6.45, 7) is 0.723. The van der Waals surface area contributed by atoms with E-state index in [-0.39, 0.29) is 12.3 Å². The van der Waals surface area contributed by atoms with Gasteiger partial charge in [-0.3, -0.25) is 9.78 Å². The van der Waals surface area contributed by atoms with Crippen LogP contribution in [0.2, 0.25) is 0 Å². The molecule has 2 aromatic heterocycles. The Kier molecular flexibility index (Phi) is 4.06. The van der Waals surface area contributed by atoms with Gasteiger partial charge >= 0.3 is 0 Å². The van der Waals surface area contributed by atoms with Crippen molar-refractivity contribution in [2.75, 3.05) is 11.1 Å². The molecule has 6 nitrogen and oxygen atoms in total. The summed E-state index contributed by atoms with van der Waals surface area (Å²) in [5.41, 5.74) is 1.03. The summed E-state index contributed by atoms with van der Waals surface area (Å²) < 4.78 is 14.8. The van der Waals surface area contributed by atoms with Gasteiger partial charge < -0.3 is 9.88 Å². The molecule has 1 aliphatic heterocycles. The molecule has 22 heavy (non-hydrogen) atoms. The number of imidazole rings is 1. The summed E-state index contributed by atoms with van der Waals surface area (Å²) in [7, 11) is 0. The molecule has 0 saturated carbocycles. The van der Waals surface area contributed by atoms with E-state index in [0.717, 1.165) is 23.7 Å². The van der Waals surface area contributed by atoms with E-state index in [1.54, 1.807) is 16.3 Å². The molecule has 0 saturated heterocycles. The molecule has 112 valence electrons. The van der Waals surface area contributed by atoms with Crippen molar-refractivity contribution in [1.29, 1.82) is 5.26 Å². The highest BCUT2D eigenvalue weighted by molar-refractivity contribution is 7.99. The molecule has 0 unspecified atom stereocenters. The Morgan fingerprint density at radius 2 is 2.41 bits per heavy atom. The lowest BCUT2D eigenvalue weighted by Gasteiger charge is -2.04. The smallest absolute Gasteiger partial charge is 0.225 e. The second kappa shape index (κ2) is 6.15. The number of fused-ring (bicyclic) bond motifs is 1. The number of hydrogen-bond acceptors (Lipinski definition) is 5. The number of carbonyl (C=O) groups is 1. The SMILES string of the molecule is N#Cc1c(NC(=O)CCc2cncc(F)c2)nc2n1CCS2. The Labute approximate surface area is 130 Å². The maximum Gasteiger partial charge on any atom is 0.225 e. The monoisotopic (exact) mass is 317 g/mol. The standard InChI is InChI=1S/C14H12FN5OS/c15-10-5-9(7-17-8-10)1-2-12(21)18-13-11(6-16)20-3-4-22-14(20)19-13/h5,7-8H,1-4H2,(H,18,21). The number of aromatic nitrogens is 3. The van der Waals surface area contributed by atoms with Crippen molar-refractivity contribution in [2.45, 2.75) is 24.5 Å². The first-order chi connectivity index (χ1) is 10.7. The maximum absolute atomic E-state index is 13.0. The van der Waals surface area contributed by atoms with E-state index in [1.165, 1.54) is 12.3 Å². The van der Waals surface area contributed by atoms with Gasteiger partial charge in [-0.15, -0.1) is 0 Å². The van der Waals surface area contributed by atoms with Gasteiger partial charge in [0.05, 0.1) is 6.20 Å². The average Bonchev–Trinajstić information content (AvgIpc) is 3.05. The first-order valence-electron chi connectivity index (χ1n) is 6.70. The largest absolute Gasteiger partial charge is 0.308 e. The van der Waals surface area contributed by atoms with Crippen molar-refractivity contribution in [2.24, 2.45) is 0 Å². The molecule has 0 spiro atoms. The van der Waals surface area contributed by atoms with Gasteiger partial charge in [0.2, 0.25) is 5.91 Å². The van der Waals surface area contributed by atoms with Crippen LogP contribution in [0, 0.1) is 17.1 Å². The molecule has 3 rings (SSSR count). The minimum absolute atomic E-state index is 0.172. The lowest BCUT2D eigenvalue weighted by molar-refractivity contribution is -0.116. The quantitative estimate of drug-likeness (QED) is 0.932. The molecule has 3 heterocycles. The molecule has 8 heteroatoms. The number of pyridine rings is 1. The number of aryl methyl sites for hydroxylation is 1. The Morgan fingerprint density at radius 3 is 3.18 bits per heavy atom. The van der Waals surface area contributed by atoms with Crippen molar-refractivity contribution in [1.82, 2.24) is 14.5 Å². The molecule has 1 amide bonds. The van der Waals surface area contributed by atoms with Crippen molar-refractivity contribution in [3.8, 4) is 6.07 Å². The molecule has 0 fully saturated rings. The van der Waals surface area contributed by atoms with Crippen LogP contribution in [0.3, 0.4) is 0 Å². The molecule has 1 aliphatic rings. The highest BCUT2D eigenvalue weighted by Crippen LogP contribution is 2.30. The second-order valence-electron chi connectivity index (χ2n) is 4.76. The summed E-state index contributed by atoms with van der Waals surface area (Å²) in [6, 6.07) is 3.43. The molecule has 0 aromatic carbocycles. The lowest BCUT2D eigenvalue weighted by atomic mass is 10.1. The van der Waals surface area contributed by atoms with Gasteiger partial charge in [0.25, 0.3) is 0 Å². The van der Waals surface area contributed by atoms with Gasteiger partial charge in [-0.1, -0.05) is 11.8 Å². The number of halogens is 1. The summed E-state index contributed by atoms with van der Waals surface area (Å²) in [5, 5.41) is 12.6. The number of rotatable bonds is 4. The molecule has 0 aliphatic carbocycles. The third-order valence-corrected chi connectivity index (χ3v) is 4.20.